The van der Waals surface area contributed by atoms with Gasteiger partial charge in [-0.05, 0) is 49.2 Å². The number of nitrogens with one attached hydrogen (secondary N) is 2. The number of carbonyl (C=O) groups excluding carboxylic acids is 1. The predicted octanol–water partition coefficient (Wildman–Crippen LogP) is 3.99. The predicted molar refractivity (Wildman–Crippen MR) is 97.9 cm³/mol. The van der Waals surface area contributed by atoms with Crippen LogP contribution in [-0.4, -0.2) is 24.0 Å². The lowest BCUT2D eigenvalue weighted by atomic mass is 10.1. The Labute approximate surface area is 143 Å². The molecule has 0 saturated carbocycles. The van der Waals surface area contributed by atoms with Gasteiger partial charge in [0.05, 0.1) is 0 Å². The van der Waals surface area contributed by atoms with Crippen molar-refractivity contribution in [3.63, 3.8) is 0 Å². The molecule has 126 valence electrons. The number of rotatable bonds is 5. The van der Waals surface area contributed by atoms with Gasteiger partial charge in [0.25, 0.3) is 0 Å². The zero-order valence-corrected chi connectivity index (χ0v) is 14.0. The summed E-state index contributed by atoms with van der Waals surface area (Å²) in [6.45, 7) is 3.98. The number of piperidine rings is 1. The highest BCUT2D eigenvalue weighted by atomic mass is 16.2. The highest BCUT2D eigenvalue weighted by molar-refractivity contribution is 5.89. The van der Waals surface area contributed by atoms with Gasteiger partial charge in [0.1, 0.15) is 0 Å². The SMILES string of the molecule is O=C(NCc1ccc(CN2CCCCC2)cc1)Nc1ccccc1. The lowest BCUT2D eigenvalue weighted by Gasteiger charge is -2.26. The Kier molecular flexibility index (Phi) is 5.85. The number of para-hydroxylation sites is 1. The molecule has 1 aliphatic heterocycles. The highest BCUT2D eigenvalue weighted by Gasteiger charge is 2.10. The van der Waals surface area contributed by atoms with Crippen LogP contribution in [0.1, 0.15) is 30.4 Å². The van der Waals surface area contributed by atoms with Gasteiger partial charge in [-0.15, -0.1) is 0 Å². The van der Waals surface area contributed by atoms with Gasteiger partial charge >= 0.3 is 6.03 Å². The Hall–Kier alpha value is -2.33. The van der Waals surface area contributed by atoms with Crippen molar-refractivity contribution >= 4 is 11.7 Å². The third kappa shape index (κ3) is 5.10. The van der Waals surface area contributed by atoms with E-state index in [0.29, 0.717) is 6.54 Å². The molecule has 4 heteroatoms. The lowest BCUT2D eigenvalue weighted by molar-refractivity contribution is 0.221. The van der Waals surface area contributed by atoms with Crippen LogP contribution in [-0.2, 0) is 13.1 Å². The van der Waals surface area contributed by atoms with E-state index in [-0.39, 0.29) is 6.03 Å². The van der Waals surface area contributed by atoms with E-state index in [9.17, 15) is 4.79 Å². The largest absolute Gasteiger partial charge is 0.334 e. The number of hydrogen-bond acceptors (Lipinski definition) is 2. The van der Waals surface area contributed by atoms with E-state index in [4.69, 9.17) is 0 Å². The summed E-state index contributed by atoms with van der Waals surface area (Å²) in [6.07, 6.45) is 4.00. The topological polar surface area (TPSA) is 44.4 Å². The lowest BCUT2D eigenvalue weighted by Crippen LogP contribution is -2.29. The summed E-state index contributed by atoms with van der Waals surface area (Å²) in [5.74, 6) is 0. The molecule has 2 aromatic carbocycles. The standard InChI is InChI=1S/C20H25N3O/c24-20(22-19-7-3-1-4-8-19)21-15-17-9-11-18(12-10-17)16-23-13-5-2-6-14-23/h1,3-4,7-12H,2,5-6,13-16H2,(H2,21,22,24). The van der Waals surface area contributed by atoms with Crippen LogP contribution < -0.4 is 10.6 Å². The number of amides is 2. The normalized spacial score (nSPS) is 15.0. The molecule has 1 heterocycles. The van der Waals surface area contributed by atoms with Crippen LogP contribution in [0.5, 0.6) is 0 Å². The first-order valence-electron chi connectivity index (χ1n) is 8.70. The molecule has 2 N–H and O–H groups in total. The summed E-state index contributed by atoms with van der Waals surface area (Å²) in [5.41, 5.74) is 3.25. The molecule has 0 unspecified atom stereocenters. The van der Waals surface area contributed by atoms with Crippen molar-refractivity contribution in [3.8, 4) is 0 Å². The fraction of sp³-hybridized carbons (Fsp3) is 0.350. The van der Waals surface area contributed by atoms with Crippen LogP contribution in [0, 0.1) is 0 Å². The first-order valence-corrected chi connectivity index (χ1v) is 8.70. The average Bonchev–Trinajstić information content (AvgIpc) is 2.63. The summed E-state index contributed by atoms with van der Waals surface area (Å²) >= 11 is 0. The van der Waals surface area contributed by atoms with Crippen LogP contribution in [0.25, 0.3) is 0 Å². The molecule has 0 aliphatic carbocycles. The van der Waals surface area contributed by atoms with Crippen molar-refractivity contribution in [1.29, 1.82) is 0 Å². The fourth-order valence-corrected chi connectivity index (χ4v) is 3.02. The van der Waals surface area contributed by atoms with Gasteiger partial charge in [0.15, 0.2) is 0 Å². The summed E-state index contributed by atoms with van der Waals surface area (Å²) in [5, 5.41) is 5.71. The van der Waals surface area contributed by atoms with Crippen LogP contribution in [0.15, 0.2) is 54.6 Å². The summed E-state index contributed by atoms with van der Waals surface area (Å²) in [6, 6.07) is 17.8. The van der Waals surface area contributed by atoms with Gasteiger partial charge < -0.3 is 10.6 Å². The van der Waals surface area contributed by atoms with Crippen LogP contribution >= 0.6 is 0 Å². The van der Waals surface area contributed by atoms with Crippen molar-refractivity contribution in [2.45, 2.75) is 32.4 Å². The van der Waals surface area contributed by atoms with Crippen LogP contribution in [0.2, 0.25) is 0 Å². The molecule has 3 rings (SSSR count). The van der Waals surface area contributed by atoms with Gasteiger partial charge in [0, 0.05) is 18.8 Å². The molecule has 1 saturated heterocycles. The Morgan fingerprint density at radius 3 is 2.25 bits per heavy atom. The van der Waals surface area contributed by atoms with Gasteiger partial charge in [-0.25, -0.2) is 4.79 Å². The first-order chi connectivity index (χ1) is 11.8. The summed E-state index contributed by atoms with van der Waals surface area (Å²) in [7, 11) is 0. The van der Waals surface area contributed by atoms with Crippen molar-refractivity contribution in [2.75, 3.05) is 18.4 Å². The van der Waals surface area contributed by atoms with E-state index in [0.717, 1.165) is 17.8 Å². The maximum Gasteiger partial charge on any atom is 0.319 e. The molecule has 0 spiro atoms. The zero-order valence-electron chi connectivity index (χ0n) is 14.0. The van der Waals surface area contributed by atoms with Crippen molar-refractivity contribution < 1.29 is 4.79 Å². The van der Waals surface area contributed by atoms with Gasteiger partial charge in [-0.3, -0.25) is 4.90 Å². The minimum Gasteiger partial charge on any atom is -0.334 e. The van der Waals surface area contributed by atoms with Gasteiger partial charge in [0.2, 0.25) is 0 Å². The molecule has 0 aromatic heterocycles. The van der Waals surface area contributed by atoms with Gasteiger partial charge in [-0.1, -0.05) is 48.9 Å². The Morgan fingerprint density at radius 2 is 1.54 bits per heavy atom. The summed E-state index contributed by atoms with van der Waals surface area (Å²) in [4.78, 5) is 14.4. The van der Waals surface area contributed by atoms with Crippen molar-refractivity contribution in [2.24, 2.45) is 0 Å². The third-order valence-electron chi connectivity index (χ3n) is 4.36. The number of nitrogens with zero attached hydrogens (tertiary/aromatic N) is 1. The molecule has 0 atom stereocenters. The highest BCUT2D eigenvalue weighted by Crippen LogP contribution is 2.13. The maximum atomic E-state index is 11.9. The second-order valence-corrected chi connectivity index (χ2v) is 6.33. The van der Waals surface area contributed by atoms with Crippen molar-refractivity contribution in [3.05, 3.63) is 65.7 Å². The second-order valence-electron chi connectivity index (χ2n) is 6.33. The molecule has 1 fully saturated rings. The Balaban J connectivity index is 1.44. The first kappa shape index (κ1) is 16.5. The monoisotopic (exact) mass is 323 g/mol. The smallest absolute Gasteiger partial charge is 0.319 e. The second kappa shape index (κ2) is 8.50. The Bertz CT molecular complexity index is 634. The minimum atomic E-state index is -0.182. The van der Waals surface area contributed by atoms with E-state index < -0.39 is 0 Å². The number of benzene rings is 2. The van der Waals surface area contributed by atoms with Crippen LogP contribution in [0.3, 0.4) is 0 Å². The fourth-order valence-electron chi connectivity index (χ4n) is 3.02. The van der Waals surface area contributed by atoms with E-state index >= 15 is 0 Å². The third-order valence-corrected chi connectivity index (χ3v) is 4.36. The van der Waals surface area contributed by atoms with Crippen LogP contribution in [0.4, 0.5) is 10.5 Å². The molecule has 0 radical (unpaired) electrons. The average molecular weight is 323 g/mol. The number of likely N-dealkylation sites (tertiary alicyclic amines) is 1. The number of hydrogen-bond donors (Lipinski definition) is 2. The molecule has 24 heavy (non-hydrogen) atoms. The summed E-state index contributed by atoms with van der Waals surface area (Å²) < 4.78 is 0. The molecular weight excluding hydrogens is 298 g/mol. The van der Waals surface area contributed by atoms with E-state index in [1.165, 1.54) is 37.9 Å². The quantitative estimate of drug-likeness (QED) is 0.873. The van der Waals surface area contributed by atoms with Gasteiger partial charge in [-0.2, -0.15) is 0 Å². The Morgan fingerprint density at radius 1 is 0.875 bits per heavy atom. The van der Waals surface area contributed by atoms with E-state index in [1.54, 1.807) is 0 Å². The maximum absolute atomic E-state index is 11.9. The molecular formula is C20H25N3O. The molecule has 4 nitrogen and oxygen atoms in total. The number of anilines is 1. The molecule has 2 aromatic rings. The molecule has 2 amide bonds. The molecule has 0 bridgehead atoms. The van der Waals surface area contributed by atoms with Crippen molar-refractivity contribution in [1.82, 2.24) is 10.2 Å². The minimum absolute atomic E-state index is 0.182. The molecule has 1 aliphatic rings. The van der Waals surface area contributed by atoms with E-state index in [2.05, 4.69) is 39.8 Å². The number of carbonyl (C=O) groups is 1. The zero-order chi connectivity index (χ0) is 16.6. The number of urea groups is 1. The van der Waals surface area contributed by atoms with E-state index in [1.807, 2.05) is 30.3 Å².